The molecule has 0 heterocycles. The number of hydrogen-bond donors (Lipinski definition) is 1. The zero-order valence-electron chi connectivity index (χ0n) is 13.2. The maximum absolute atomic E-state index is 12.3. The van der Waals surface area contributed by atoms with Gasteiger partial charge in [-0.05, 0) is 55.2 Å². The molecule has 0 aliphatic heterocycles. The molecule has 1 aromatic carbocycles. The largest absolute Gasteiger partial charge is 0.366 e. The average molecular weight is 333 g/mol. The van der Waals surface area contributed by atoms with Crippen LogP contribution in [0.25, 0.3) is 5.57 Å². The zero-order chi connectivity index (χ0) is 16.4. The Morgan fingerprint density at radius 2 is 1.70 bits per heavy atom. The molecule has 23 heavy (non-hydrogen) atoms. The molecule has 2 saturated carbocycles. The number of carbonyl (C=O) groups excluding carboxylic acids is 1. The lowest BCUT2D eigenvalue weighted by Gasteiger charge is -2.09. The summed E-state index contributed by atoms with van der Waals surface area (Å²) in [6.07, 6.45) is 8.52. The van der Waals surface area contributed by atoms with E-state index >= 15 is 0 Å². The fraction of sp³-hybridized carbons (Fsp3) is 0.500. The number of sulfone groups is 1. The van der Waals surface area contributed by atoms with Crippen molar-refractivity contribution in [1.82, 2.24) is 0 Å². The second-order valence-corrected chi connectivity index (χ2v) is 8.77. The van der Waals surface area contributed by atoms with Gasteiger partial charge in [-0.3, -0.25) is 4.79 Å². The maximum atomic E-state index is 12.3. The third kappa shape index (κ3) is 4.02. The monoisotopic (exact) mass is 333 g/mol. The highest BCUT2D eigenvalue weighted by atomic mass is 32.2. The Balaban J connectivity index is 1.82. The smallest absolute Gasteiger partial charge is 0.248 e. The molecule has 0 bridgehead atoms. The molecule has 0 saturated heterocycles. The highest BCUT2D eigenvalue weighted by Gasteiger charge is 2.29. The Morgan fingerprint density at radius 1 is 1.09 bits per heavy atom. The van der Waals surface area contributed by atoms with Crippen molar-refractivity contribution in [2.45, 2.75) is 43.4 Å². The molecular formula is C18H23NO3S. The van der Waals surface area contributed by atoms with E-state index in [-0.39, 0.29) is 5.75 Å². The minimum Gasteiger partial charge on any atom is -0.366 e. The summed E-state index contributed by atoms with van der Waals surface area (Å²) >= 11 is 0. The number of amides is 1. The lowest BCUT2D eigenvalue weighted by atomic mass is 9.98. The molecule has 5 heteroatoms. The average Bonchev–Trinajstić information content (AvgIpc) is 3.15. The van der Waals surface area contributed by atoms with Gasteiger partial charge >= 0.3 is 0 Å². The van der Waals surface area contributed by atoms with Crippen LogP contribution in [0.1, 0.15) is 44.1 Å². The van der Waals surface area contributed by atoms with Crippen molar-refractivity contribution in [3.05, 3.63) is 35.9 Å². The molecule has 0 spiro atoms. The van der Waals surface area contributed by atoms with Crippen LogP contribution in [-0.2, 0) is 14.6 Å². The van der Waals surface area contributed by atoms with E-state index in [0.29, 0.717) is 27.9 Å². The number of nitrogens with two attached hydrogens (primary N) is 1. The summed E-state index contributed by atoms with van der Waals surface area (Å²) in [5.41, 5.74) is 6.73. The van der Waals surface area contributed by atoms with E-state index < -0.39 is 15.7 Å². The van der Waals surface area contributed by atoms with Gasteiger partial charge in [0.25, 0.3) is 0 Å². The van der Waals surface area contributed by atoms with E-state index in [4.69, 9.17) is 5.73 Å². The van der Waals surface area contributed by atoms with Gasteiger partial charge in [0, 0.05) is 5.57 Å². The van der Waals surface area contributed by atoms with E-state index in [1.54, 1.807) is 24.3 Å². The van der Waals surface area contributed by atoms with Crippen LogP contribution in [0.2, 0.25) is 0 Å². The number of carbonyl (C=O) groups is 1. The molecule has 2 aliphatic rings. The van der Waals surface area contributed by atoms with Gasteiger partial charge < -0.3 is 5.73 Å². The van der Waals surface area contributed by atoms with Crippen molar-refractivity contribution >= 4 is 21.3 Å². The van der Waals surface area contributed by atoms with Gasteiger partial charge in [0.2, 0.25) is 5.91 Å². The first-order chi connectivity index (χ1) is 11.0. The van der Waals surface area contributed by atoms with Crippen LogP contribution in [-0.4, -0.2) is 20.1 Å². The Morgan fingerprint density at radius 3 is 2.22 bits per heavy atom. The minimum absolute atomic E-state index is 0.229. The fourth-order valence-electron chi connectivity index (χ4n) is 3.21. The summed E-state index contributed by atoms with van der Waals surface area (Å²) in [6.45, 7) is 0. The van der Waals surface area contributed by atoms with E-state index in [1.807, 2.05) is 6.08 Å². The van der Waals surface area contributed by atoms with Crippen LogP contribution in [0.3, 0.4) is 0 Å². The van der Waals surface area contributed by atoms with Crippen molar-refractivity contribution < 1.29 is 13.2 Å². The molecule has 0 radical (unpaired) electrons. The first kappa shape index (κ1) is 16.2. The van der Waals surface area contributed by atoms with Gasteiger partial charge in [-0.2, -0.15) is 0 Å². The Hall–Kier alpha value is -1.62. The third-order valence-electron chi connectivity index (χ3n) is 4.74. The summed E-state index contributed by atoms with van der Waals surface area (Å²) in [5, 5.41) is 0. The molecular weight excluding hydrogens is 310 g/mol. The predicted octanol–water partition coefficient (Wildman–Crippen LogP) is 2.93. The van der Waals surface area contributed by atoms with Gasteiger partial charge in [-0.15, -0.1) is 0 Å². The predicted molar refractivity (Wildman–Crippen MR) is 90.3 cm³/mol. The zero-order valence-corrected chi connectivity index (χ0v) is 14.0. The van der Waals surface area contributed by atoms with E-state index in [2.05, 4.69) is 0 Å². The molecule has 2 aliphatic carbocycles. The quantitative estimate of drug-likeness (QED) is 0.813. The summed E-state index contributed by atoms with van der Waals surface area (Å²) in [7, 11) is -3.22. The number of benzene rings is 1. The molecule has 0 aromatic heterocycles. The summed E-state index contributed by atoms with van der Waals surface area (Å²) < 4.78 is 24.5. The van der Waals surface area contributed by atoms with E-state index in [0.717, 1.165) is 25.7 Å². The lowest BCUT2D eigenvalue weighted by Crippen LogP contribution is -2.14. The van der Waals surface area contributed by atoms with Crippen molar-refractivity contribution in [2.75, 3.05) is 5.75 Å². The van der Waals surface area contributed by atoms with Crippen LogP contribution >= 0.6 is 0 Å². The van der Waals surface area contributed by atoms with Crippen molar-refractivity contribution in [1.29, 1.82) is 0 Å². The maximum Gasteiger partial charge on any atom is 0.248 e. The fourth-order valence-corrected chi connectivity index (χ4v) is 4.91. The highest BCUT2D eigenvalue weighted by molar-refractivity contribution is 7.91. The highest BCUT2D eigenvalue weighted by Crippen LogP contribution is 2.33. The Labute approximate surface area is 137 Å². The van der Waals surface area contributed by atoms with Crippen LogP contribution in [0.5, 0.6) is 0 Å². The van der Waals surface area contributed by atoms with Gasteiger partial charge in [0.1, 0.15) is 0 Å². The molecule has 2 N–H and O–H groups in total. The first-order valence-corrected chi connectivity index (χ1v) is 9.96. The Bertz CT molecular complexity index is 709. The van der Waals surface area contributed by atoms with Crippen LogP contribution in [0, 0.1) is 11.8 Å². The van der Waals surface area contributed by atoms with Gasteiger partial charge in [0.05, 0.1) is 10.6 Å². The molecule has 3 rings (SSSR count). The van der Waals surface area contributed by atoms with Crippen molar-refractivity contribution in [3.8, 4) is 0 Å². The molecule has 1 aromatic rings. The topological polar surface area (TPSA) is 77.2 Å². The molecule has 4 nitrogen and oxygen atoms in total. The number of hydrogen-bond acceptors (Lipinski definition) is 3. The molecule has 2 fully saturated rings. The summed E-state index contributed by atoms with van der Waals surface area (Å²) in [4.78, 5) is 12.1. The van der Waals surface area contributed by atoms with Crippen LogP contribution < -0.4 is 5.73 Å². The van der Waals surface area contributed by atoms with Crippen molar-refractivity contribution in [2.24, 2.45) is 17.6 Å². The van der Waals surface area contributed by atoms with Gasteiger partial charge in [-0.25, -0.2) is 8.42 Å². The van der Waals surface area contributed by atoms with Gasteiger partial charge in [0.15, 0.2) is 9.84 Å². The lowest BCUT2D eigenvalue weighted by molar-refractivity contribution is -0.112. The number of allylic oxidation sites excluding steroid dienone is 1. The van der Waals surface area contributed by atoms with E-state index in [1.165, 1.54) is 12.8 Å². The SMILES string of the molecule is NC(=O)/C(=C/C1CCCC1)c1ccc(S(=O)(=O)CC2CC2)cc1. The summed E-state index contributed by atoms with van der Waals surface area (Å²) in [5.74, 6) is 0.497. The first-order valence-electron chi connectivity index (χ1n) is 8.30. The summed E-state index contributed by atoms with van der Waals surface area (Å²) in [6, 6.07) is 6.59. The normalized spacial score (nSPS) is 19.9. The molecule has 0 unspecified atom stereocenters. The second-order valence-electron chi connectivity index (χ2n) is 6.74. The number of primary amides is 1. The van der Waals surface area contributed by atoms with E-state index in [9.17, 15) is 13.2 Å². The molecule has 124 valence electrons. The van der Waals surface area contributed by atoms with Crippen LogP contribution in [0.4, 0.5) is 0 Å². The Kier molecular flexibility index (Phi) is 4.57. The number of rotatable bonds is 6. The minimum atomic E-state index is -3.22. The standard InChI is InChI=1S/C18H23NO3S/c19-18(20)17(11-13-3-1-2-4-13)15-7-9-16(10-8-15)23(21,22)12-14-5-6-14/h7-11,13-14H,1-6,12H2,(H2,19,20)/b17-11+. The molecule has 0 atom stereocenters. The van der Waals surface area contributed by atoms with Gasteiger partial charge in [-0.1, -0.05) is 31.1 Å². The van der Waals surface area contributed by atoms with Crippen LogP contribution in [0.15, 0.2) is 35.2 Å². The molecule has 1 amide bonds. The second kappa shape index (κ2) is 6.48. The van der Waals surface area contributed by atoms with Crippen molar-refractivity contribution in [3.63, 3.8) is 0 Å². The third-order valence-corrected chi connectivity index (χ3v) is 6.64.